The Morgan fingerprint density at radius 3 is 2.48 bits per heavy atom. The summed E-state index contributed by atoms with van der Waals surface area (Å²) in [5.74, 6) is 0. The molecule has 1 aliphatic rings. The van der Waals surface area contributed by atoms with Crippen molar-refractivity contribution >= 4 is 11.6 Å². The summed E-state index contributed by atoms with van der Waals surface area (Å²) >= 11 is 6.41. The topological polar surface area (TPSA) is 39.1 Å². The fourth-order valence-corrected chi connectivity index (χ4v) is 3.77. The Kier molecular flexibility index (Phi) is 5.01. The summed E-state index contributed by atoms with van der Waals surface area (Å²) in [5.41, 5.74) is 1.24. The molecule has 1 unspecified atom stereocenters. The number of aryl methyl sites for hydroxylation is 1. The van der Waals surface area contributed by atoms with E-state index in [1.54, 1.807) is 6.20 Å². The molecule has 0 saturated heterocycles. The van der Waals surface area contributed by atoms with Gasteiger partial charge in [0.05, 0.1) is 28.6 Å². The van der Waals surface area contributed by atoms with Crippen LogP contribution in [0.15, 0.2) is 6.20 Å². The maximum absolute atomic E-state index is 6.41. The highest BCUT2D eigenvalue weighted by Crippen LogP contribution is 2.48. The number of likely N-dealkylation sites (N-methyl/N-ethyl adjacent to an activating group) is 1. The van der Waals surface area contributed by atoms with Gasteiger partial charge in [-0.1, -0.05) is 25.4 Å². The van der Waals surface area contributed by atoms with Crippen molar-refractivity contribution < 1.29 is 4.74 Å². The van der Waals surface area contributed by atoms with Gasteiger partial charge in [-0.3, -0.25) is 4.68 Å². The molecule has 0 aromatic carbocycles. The fraction of sp³-hybridized carbons (Fsp3) is 0.812. The summed E-state index contributed by atoms with van der Waals surface area (Å²) in [6, 6.07) is 0.0635. The van der Waals surface area contributed by atoms with Gasteiger partial charge in [-0.15, -0.1) is 0 Å². The molecule has 2 rings (SSSR count). The molecule has 1 aromatic heterocycles. The van der Waals surface area contributed by atoms with Crippen molar-refractivity contribution in [1.82, 2.24) is 15.1 Å². The van der Waals surface area contributed by atoms with E-state index in [2.05, 4.69) is 31.2 Å². The van der Waals surface area contributed by atoms with Crippen LogP contribution in [0.3, 0.4) is 0 Å². The van der Waals surface area contributed by atoms with Gasteiger partial charge in [0.25, 0.3) is 0 Å². The van der Waals surface area contributed by atoms with E-state index in [1.165, 1.54) is 0 Å². The van der Waals surface area contributed by atoms with E-state index in [0.29, 0.717) is 5.41 Å². The van der Waals surface area contributed by atoms with E-state index in [4.69, 9.17) is 16.3 Å². The Bertz CT molecular complexity index is 474. The largest absolute Gasteiger partial charge is 0.376 e. The van der Waals surface area contributed by atoms with Crippen LogP contribution in [0.5, 0.6) is 0 Å². The summed E-state index contributed by atoms with van der Waals surface area (Å²) in [4.78, 5) is 0. The van der Waals surface area contributed by atoms with Crippen LogP contribution in [0.1, 0.15) is 58.2 Å². The summed E-state index contributed by atoms with van der Waals surface area (Å²) in [5, 5.41) is 8.54. The van der Waals surface area contributed by atoms with Gasteiger partial charge in [0.2, 0.25) is 0 Å². The van der Waals surface area contributed by atoms with Gasteiger partial charge < -0.3 is 10.1 Å². The van der Waals surface area contributed by atoms with Crippen molar-refractivity contribution in [3.05, 3.63) is 16.9 Å². The smallest absolute Gasteiger partial charge is 0.0888 e. The number of hydrogen-bond acceptors (Lipinski definition) is 3. The van der Waals surface area contributed by atoms with Crippen LogP contribution in [0.2, 0.25) is 5.02 Å². The van der Waals surface area contributed by atoms with Crippen molar-refractivity contribution in [2.45, 2.75) is 64.6 Å². The lowest BCUT2D eigenvalue weighted by molar-refractivity contribution is -0.0878. The normalized spacial score (nSPS) is 22.2. The molecule has 21 heavy (non-hydrogen) atoms. The van der Waals surface area contributed by atoms with E-state index in [0.717, 1.165) is 42.9 Å². The average molecular weight is 314 g/mol. The molecule has 120 valence electrons. The number of methoxy groups -OCH3 is 1. The number of aromatic nitrogens is 2. The Labute approximate surface area is 133 Å². The molecule has 1 fully saturated rings. The van der Waals surface area contributed by atoms with Crippen LogP contribution in [-0.4, -0.2) is 29.5 Å². The van der Waals surface area contributed by atoms with Gasteiger partial charge in [-0.05, 0) is 45.1 Å². The highest BCUT2D eigenvalue weighted by atomic mass is 35.5. The van der Waals surface area contributed by atoms with Gasteiger partial charge in [-0.2, -0.15) is 5.10 Å². The van der Waals surface area contributed by atoms with Crippen molar-refractivity contribution in [3.63, 3.8) is 0 Å². The molecular weight excluding hydrogens is 286 g/mol. The molecule has 5 heteroatoms. The SMILES string of the molecule is CCn1ncc(Cl)c1C(NC)C1(OC)CCC(C)(C)CC1. The first kappa shape index (κ1) is 16.8. The van der Waals surface area contributed by atoms with Crippen LogP contribution >= 0.6 is 11.6 Å². The zero-order chi connectivity index (χ0) is 15.7. The van der Waals surface area contributed by atoms with Gasteiger partial charge in [-0.25, -0.2) is 0 Å². The van der Waals surface area contributed by atoms with Crippen molar-refractivity contribution in [1.29, 1.82) is 0 Å². The van der Waals surface area contributed by atoms with Crippen LogP contribution in [0.25, 0.3) is 0 Å². The van der Waals surface area contributed by atoms with Crippen LogP contribution < -0.4 is 5.32 Å². The minimum absolute atomic E-state index is 0.0635. The second kappa shape index (κ2) is 6.27. The summed E-state index contributed by atoms with van der Waals surface area (Å²) in [6.45, 7) is 7.57. The molecule has 0 aliphatic heterocycles. The Hall–Kier alpha value is -0.580. The second-order valence-corrected chi connectivity index (χ2v) is 7.26. The van der Waals surface area contributed by atoms with Gasteiger partial charge in [0.1, 0.15) is 0 Å². The minimum Gasteiger partial charge on any atom is -0.376 e. The van der Waals surface area contributed by atoms with Crippen molar-refractivity contribution in [2.24, 2.45) is 5.41 Å². The first-order chi connectivity index (χ1) is 9.89. The molecule has 1 N–H and O–H groups in total. The summed E-state index contributed by atoms with van der Waals surface area (Å²) < 4.78 is 8.02. The molecule has 0 amide bonds. The number of halogens is 1. The third-order valence-electron chi connectivity index (χ3n) is 5.08. The van der Waals surface area contributed by atoms with Gasteiger partial charge in [0.15, 0.2) is 0 Å². The molecular formula is C16H28ClN3O. The van der Waals surface area contributed by atoms with E-state index in [-0.39, 0.29) is 11.6 Å². The molecule has 1 heterocycles. The lowest BCUT2D eigenvalue weighted by atomic mass is 9.68. The number of hydrogen-bond donors (Lipinski definition) is 1. The summed E-state index contributed by atoms with van der Waals surface area (Å²) in [6.07, 6.45) is 6.13. The molecule has 1 atom stereocenters. The Morgan fingerprint density at radius 1 is 1.38 bits per heavy atom. The minimum atomic E-state index is -0.207. The Morgan fingerprint density at radius 2 is 2.00 bits per heavy atom. The zero-order valence-electron chi connectivity index (χ0n) is 13.9. The highest BCUT2D eigenvalue weighted by Gasteiger charge is 2.46. The predicted octanol–water partition coefficient (Wildman–Crippen LogP) is 3.80. The third-order valence-corrected chi connectivity index (χ3v) is 5.37. The Balaban J connectivity index is 2.36. The van der Waals surface area contributed by atoms with Crippen LogP contribution in [0, 0.1) is 5.41 Å². The van der Waals surface area contributed by atoms with Crippen LogP contribution in [0.4, 0.5) is 0 Å². The zero-order valence-corrected chi connectivity index (χ0v) is 14.6. The fourth-order valence-electron chi connectivity index (χ4n) is 3.52. The van der Waals surface area contributed by atoms with E-state index in [9.17, 15) is 0 Å². The standard InChI is InChI=1S/C16H28ClN3O/c1-6-20-13(12(17)11-19-20)14(18-4)16(21-5)9-7-15(2,3)8-10-16/h11,14,18H,6-10H2,1-5H3. The highest BCUT2D eigenvalue weighted by molar-refractivity contribution is 6.31. The van der Waals surface area contributed by atoms with E-state index in [1.807, 2.05) is 18.8 Å². The maximum Gasteiger partial charge on any atom is 0.0888 e. The third kappa shape index (κ3) is 3.13. The second-order valence-electron chi connectivity index (χ2n) is 6.85. The van der Waals surface area contributed by atoms with E-state index < -0.39 is 0 Å². The lowest BCUT2D eigenvalue weighted by Gasteiger charge is -2.47. The molecule has 0 radical (unpaired) electrons. The molecule has 1 aliphatic carbocycles. The van der Waals surface area contributed by atoms with Crippen molar-refractivity contribution in [2.75, 3.05) is 14.2 Å². The molecule has 1 saturated carbocycles. The number of nitrogens with one attached hydrogen (secondary N) is 1. The van der Waals surface area contributed by atoms with Crippen LogP contribution in [-0.2, 0) is 11.3 Å². The van der Waals surface area contributed by atoms with E-state index >= 15 is 0 Å². The first-order valence-corrected chi connectivity index (χ1v) is 8.20. The average Bonchev–Trinajstić information content (AvgIpc) is 2.83. The van der Waals surface area contributed by atoms with Gasteiger partial charge >= 0.3 is 0 Å². The summed E-state index contributed by atoms with van der Waals surface area (Å²) in [7, 11) is 3.80. The quantitative estimate of drug-likeness (QED) is 0.898. The molecule has 0 spiro atoms. The molecule has 1 aromatic rings. The molecule has 0 bridgehead atoms. The molecule has 4 nitrogen and oxygen atoms in total. The first-order valence-electron chi connectivity index (χ1n) is 7.83. The monoisotopic (exact) mass is 313 g/mol. The van der Waals surface area contributed by atoms with Crippen molar-refractivity contribution in [3.8, 4) is 0 Å². The maximum atomic E-state index is 6.41. The van der Waals surface area contributed by atoms with Gasteiger partial charge in [0, 0.05) is 13.7 Å². The number of ether oxygens (including phenoxy) is 1. The number of rotatable bonds is 5. The lowest BCUT2D eigenvalue weighted by Crippen LogP contribution is -2.49. The number of nitrogens with zero attached hydrogens (tertiary/aromatic N) is 2. The predicted molar refractivity (Wildman–Crippen MR) is 86.7 cm³/mol.